The summed E-state index contributed by atoms with van der Waals surface area (Å²) < 4.78 is 14.7. The van der Waals surface area contributed by atoms with Crippen molar-refractivity contribution >= 4 is 97.5 Å². The van der Waals surface area contributed by atoms with E-state index in [1.807, 2.05) is 62.5 Å². The van der Waals surface area contributed by atoms with Crippen molar-refractivity contribution in [1.82, 2.24) is 0 Å². The van der Waals surface area contributed by atoms with Crippen molar-refractivity contribution in [2.75, 3.05) is 38.5 Å². The van der Waals surface area contributed by atoms with Crippen LogP contribution in [0, 0.1) is 20.8 Å². The van der Waals surface area contributed by atoms with Crippen LogP contribution in [0.15, 0.2) is 69.8 Å². The number of carbonyl (C=O) groups excluding carboxylic acids is 3. The molecular formula is C33H37BBrN3O8S3. The van der Waals surface area contributed by atoms with Gasteiger partial charge in [-0.15, -0.1) is 34.0 Å². The van der Waals surface area contributed by atoms with Gasteiger partial charge in [0.05, 0.1) is 42.2 Å². The van der Waals surface area contributed by atoms with Gasteiger partial charge in [0.1, 0.15) is 14.6 Å². The molecule has 49 heavy (non-hydrogen) atoms. The lowest BCUT2D eigenvalue weighted by Crippen LogP contribution is -2.29. The number of hydrogen-bond acceptors (Lipinski definition) is 14. The van der Waals surface area contributed by atoms with E-state index in [1.165, 1.54) is 55.3 Å². The second kappa shape index (κ2) is 19.7. The summed E-state index contributed by atoms with van der Waals surface area (Å²) in [7, 11) is 2.70. The van der Waals surface area contributed by atoms with E-state index in [9.17, 15) is 14.4 Å². The van der Waals surface area contributed by atoms with E-state index in [-0.39, 0.29) is 17.9 Å². The van der Waals surface area contributed by atoms with Crippen molar-refractivity contribution in [3.8, 4) is 10.4 Å². The van der Waals surface area contributed by atoms with Gasteiger partial charge in [-0.3, -0.25) is 0 Å². The molecule has 0 spiro atoms. The molecule has 3 aromatic heterocycles. The first kappa shape index (κ1) is 41.0. The minimum Gasteiger partial charge on any atom is -0.465 e. The fourth-order valence-electron chi connectivity index (χ4n) is 3.71. The van der Waals surface area contributed by atoms with Crippen molar-refractivity contribution < 1.29 is 38.6 Å². The smallest absolute Gasteiger partial charge is 0.465 e. The van der Waals surface area contributed by atoms with Gasteiger partial charge in [0.25, 0.3) is 0 Å². The van der Waals surface area contributed by atoms with Crippen LogP contribution in [0.5, 0.6) is 0 Å². The van der Waals surface area contributed by atoms with Gasteiger partial charge in [0.2, 0.25) is 0 Å². The van der Waals surface area contributed by atoms with E-state index in [1.54, 1.807) is 24.3 Å². The van der Waals surface area contributed by atoms with E-state index >= 15 is 0 Å². The molecule has 8 N–H and O–H groups in total. The van der Waals surface area contributed by atoms with Crippen LogP contribution in [-0.4, -0.2) is 56.4 Å². The number of esters is 3. The molecule has 0 fully saturated rings. The zero-order chi connectivity index (χ0) is 36.8. The van der Waals surface area contributed by atoms with Crippen LogP contribution in [0.25, 0.3) is 10.4 Å². The average Bonchev–Trinajstić information content (AvgIpc) is 3.71. The van der Waals surface area contributed by atoms with Crippen LogP contribution >= 0.6 is 49.9 Å². The summed E-state index contributed by atoms with van der Waals surface area (Å²) >= 11 is 7.27. The zero-order valence-electron chi connectivity index (χ0n) is 27.6. The number of ether oxygens (including phenoxy) is 3. The minimum atomic E-state index is -1.34. The topological polar surface area (TPSA) is 197 Å². The van der Waals surface area contributed by atoms with E-state index in [2.05, 4.69) is 25.4 Å². The van der Waals surface area contributed by atoms with Crippen LogP contribution in [0.1, 0.15) is 45.7 Å². The van der Waals surface area contributed by atoms with Gasteiger partial charge in [-0.1, -0.05) is 60.7 Å². The first-order valence-corrected chi connectivity index (χ1v) is 17.5. The fourth-order valence-corrected chi connectivity index (χ4v) is 7.32. The Balaban J connectivity index is 0.000000234. The Hall–Kier alpha value is -4.19. The highest BCUT2D eigenvalue weighted by Gasteiger charge is 2.20. The molecule has 3 heterocycles. The lowest BCUT2D eigenvalue weighted by Gasteiger charge is -1.98. The maximum atomic E-state index is 11.5. The third-order valence-electron chi connectivity index (χ3n) is 6.60. The Morgan fingerprint density at radius 3 is 1.51 bits per heavy atom. The van der Waals surface area contributed by atoms with Gasteiger partial charge in [0, 0.05) is 4.88 Å². The Morgan fingerprint density at radius 2 is 1.12 bits per heavy atom. The van der Waals surface area contributed by atoms with Gasteiger partial charge in [-0.2, -0.15) is 0 Å². The van der Waals surface area contributed by atoms with Gasteiger partial charge in [-0.25, -0.2) is 14.4 Å². The summed E-state index contributed by atoms with van der Waals surface area (Å²) in [5.41, 5.74) is 23.1. The minimum absolute atomic E-state index is 0.361. The van der Waals surface area contributed by atoms with Gasteiger partial charge in [-0.05, 0) is 69.8 Å². The number of nitrogen functional groups attached to an aromatic ring is 3. The van der Waals surface area contributed by atoms with E-state index in [0.717, 1.165) is 30.9 Å². The van der Waals surface area contributed by atoms with Crippen LogP contribution in [0.4, 0.5) is 17.1 Å². The highest BCUT2D eigenvalue weighted by Crippen LogP contribution is 2.38. The molecular weight excluding hydrogens is 753 g/mol. The summed E-state index contributed by atoms with van der Waals surface area (Å²) in [5.74, 6) is -1.12. The molecule has 0 radical (unpaired) electrons. The molecule has 0 aliphatic rings. The largest absolute Gasteiger partial charge is 0.488 e. The first-order valence-electron chi connectivity index (χ1n) is 14.2. The Bertz CT molecular complexity index is 1840. The number of anilines is 3. The second-order valence-electron chi connectivity index (χ2n) is 9.83. The molecule has 0 bridgehead atoms. The standard InChI is InChI=1S/C13H13NO2S.C7H8BrNO2S.C7H9NO2S.C6H7BO2/c1-8-10(14)12(13(15)16-2)17-11(8)9-6-4-3-5-7-9;1-3-4(9)5(7(10)11-2)12-6(3)8;1-4-3-11-6(5(4)8)7(9)10-2;8-7(9)6-4-2-1-3-5-6/h3-7H,14H2,1-2H3;9H2,1-2H3;3H,8H2,1-2H3;1-5,8-9H. The molecule has 0 unspecified atom stereocenters. The SMILES string of the molecule is COC(=O)c1sc(-c2ccccc2)c(C)c1N.COC(=O)c1sc(Br)c(C)c1N.COC(=O)c1scc(C)c1N.OB(O)c1ccccc1. The molecule has 0 amide bonds. The molecule has 0 saturated carbocycles. The molecule has 2 aromatic carbocycles. The summed E-state index contributed by atoms with van der Waals surface area (Å²) in [6, 6.07) is 18.5. The number of methoxy groups -OCH3 is 3. The van der Waals surface area contributed by atoms with Crippen molar-refractivity contribution in [3.05, 3.63) is 101 Å². The average molecular weight is 791 g/mol. The normalized spacial score (nSPS) is 9.82. The predicted octanol–water partition coefficient (Wildman–Crippen LogP) is 6.07. The molecule has 5 aromatic rings. The molecule has 0 atom stereocenters. The van der Waals surface area contributed by atoms with Crippen molar-refractivity contribution in [1.29, 1.82) is 0 Å². The van der Waals surface area contributed by atoms with Crippen molar-refractivity contribution in [2.45, 2.75) is 20.8 Å². The van der Waals surface area contributed by atoms with Gasteiger partial charge in [0.15, 0.2) is 0 Å². The maximum absolute atomic E-state index is 11.5. The molecule has 0 aliphatic heterocycles. The Kier molecular flexibility index (Phi) is 16.5. The monoisotopic (exact) mass is 789 g/mol. The molecule has 5 rings (SSSR count). The highest BCUT2D eigenvalue weighted by molar-refractivity contribution is 9.11. The van der Waals surface area contributed by atoms with E-state index in [4.69, 9.17) is 32.0 Å². The fraction of sp³-hybridized carbons (Fsp3) is 0.182. The van der Waals surface area contributed by atoms with Crippen molar-refractivity contribution in [3.63, 3.8) is 0 Å². The van der Waals surface area contributed by atoms with Crippen molar-refractivity contribution in [2.24, 2.45) is 0 Å². The Labute approximate surface area is 305 Å². The number of thiophene rings is 3. The number of aryl methyl sites for hydroxylation is 1. The van der Waals surface area contributed by atoms with Crippen LogP contribution in [-0.2, 0) is 14.2 Å². The Morgan fingerprint density at radius 1 is 0.673 bits per heavy atom. The molecule has 260 valence electrons. The zero-order valence-corrected chi connectivity index (χ0v) is 31.6. The summed E-state index contributed by atoms with van der Waals surface area (Å²) in [6.45, 7) is 5.63. The summed E-state index contributed by atoms with van der Waals surface area (Å²) in [6.07, 6.45) is 0. The van der Waals surface area contributed by atoms with Gasteiger partial charge >= 0.3 is 25.0 Å². The van der Waals surface area contributed by atoms with Crippen LogP contribution in [0.3, 0.4) is 0 Å². The first-order chi connectivity index (χ1) is 23.2. The number of carbonyl (C=O) groups is 3. The molecule has 0 saturated heterocycles. The lowest BCUT2D eigenvalue weighted by molar-refractivity contribution is 0.0598. The molecule has 16 heteroatoms. The predicted molar refractivity (Wildman–Crippen MR) is 204 cm³/mol. The number of rotatable bonds is 5. The van der Waals surface area contributed by atoms with Gasteiger partial charge < -0.3 is 41.5 Å². The van der Waals surface area contributed by atoms with Crippen LogP contribution in [0.2, 0.25) is 0 Å². The second-order valence-corrected chi connectivity index (χ2v) is 14.1. The lowest BCUT2D eigenvalue weighted by atomic mass is 9.81. The third-order valence-corrected chi connectivity index (χ3v) is 11.2. The quantitative estimate of drug-likeness (QED) is 0.0787. The summed E-state index contributed by atoms with van der Waals surface area (Å²) in [4.78, 5) is 36.0. The number of halogens is 1. The third kappa shape index (κ3) is 11.2. The molecule has 11 nitrogen and oxygen atoms in total. The number of hydrogen-bond donors (Lipinski definition) is 5. The number of nitrogens with two attached hydrogens (primary N) is 3. The van der Waals surface area contributed by atoms with E-state index in [0.29, 0.717) is 37.2 Å². The molecule has 0 aliphatic carbocycles. The summed E-state index contributed by atoms with van der Waals surface area (Å²) in [5, 5.41) is 19.0. The highest BCUT2D eigenvalue weighted by atomic mass is 79.9. The number of benzene rings is 2. The maximum Gasteiger partial charge on any atom is 0.488 e. The van der Waals surface area contributed by atoms with Crippen LogP contribution < -0.4 is 22.7 Å². The van der Waals surface area contributed by atoms with E-state index < -0.39 is 7.12 Å².